The second kappa shape index (κ2) is 2.63. The van der Waals surface area contributed by atoms with E-state index in [9.17, 15) is 5.11 Å². The van der Waals surface area contributed by atoms with Crippen LogP contribution in [0.3, 0.4) is 0 Å². The number of para-hydroxylation sites is 1. The van der Waals surface area contributed by atoms with E-state index in [-0.39, 0.29) is 5.75 Å². The van der Waals surface area contributed by atoms with E-state index in [4.69, 9.17) is 5.84 Å². The highest BCUT2D eigenvalue weighted by Crippen LogP contribution is 2.25. The van der Waals surface area contributed by atoms with Crippen molar-refractivity contribution in [3.63, 3.8) is 0 Å². The van der Waals surface area contributed by atoms with Crippen LogP contribution in [0, 0.1) is 0 Å². The number of hydrogen-bond donors (Lipinski definition) is 3. The van der Waals surface area contributed by atoms with Crippen molar-refractivity contribution in [2.24, 2.45) is 12.9 Å². The number of hydrogen-bond acceptors (Lipinski definition) is 4. The summed E-state index contributed by atoms with van der Waals surface area (Å²) in [6.45, 7) is 0. The minimum Gasteiger partial charge on any atom is -0.506 e. The summed E-state index contributed by atoms with van der Waals surface area (Å²) in [6.07, 6.45) is 0. The van der Waals surface area contributed by atoms with Gasteiger partial charge in [0.15, 0.2) is 0 Å². The van der Waals surface area contributed by atoms with Gasteiger partial charge in [-0.2, -0.15) is 0 Å². The summed E-state index contributed by atoms with van der Waals surface area (Å²) in [7, 11) is 1.82. The van der Waals surface area contributed by atoms with Gasteiger partial charge in [0.2, 0.25) is 5.95 Å². The van der Waals surface area contributed by atoms with E-state index >= 15 is 0 Å². The predicted molar refractivity (Wildman–Crippen MR) is 50.2 cm³/mol. The molecule has 5 nitrogen and oxygen atoms in total. The van der Waals surface area contributed by atoms with E-state index in [1.54, 1.807) is 16.7 Å². The maximum Gasteiger partial charge on any atom is 0.218 e. The number of benzene rings is 1. The van der Waals surface area contributed by atoms with Crippen molar-refractivity contribution in [3.8, 4) is 5.75 Å². The molecule has 2 rings (SSSR count). The van der Waals surface area contributed by atoms with Gasteiger partial charge < -0.3 is 9.67 Å². The summed E-state index contributed by atoms with van der Waals surface area (Å²) in [5.74, 6) is 5.94. The molecule has 1 heterocycles. The molecule has 0 aliphatic heterocycles. The van der Waals surface area contributed by atoms with Crippen molar-refractivity contribution in [1.82, 2.24) is 9.55 Å². The first kappa shape index (κ1) is 7.88. The van der Waals surface area contributed by atoms with Crippen molar-refractivity contribution < 1.29 is 5.11 Å². The zero-order valence-corrected chi connectivity index (χ0v) is 7.15. The van der Waals surface area contributed by atoms with Crippen LogP contribution >= 0.6 is 0 Å². The number of imidazole rings is 1. The molecule has 2 aromatic rings. The summed E-state index contributed by atoms with van der Waals surface area (Å²) in [5, 5.41) is 9.46. The Morgan fingerprint density at radius 3 is 2.92 bits per heavy atom. The average molecular weight is 178 g/mol. The molecular formula is C8H10N4O. The Kier molecular flexibility index (Phi) is 1.60. The van der Waals surface area contributed by atoms with Gasteiger partial charge in [-0.1, -0.05) is 6.07 Å². The number of phenols is 1. The largest absolute Gasteiger partial charge is 0.506 e. The van der Waals surface area contributed by atoms with E-state index in [0.29, 0.717) is 11.5 Å². The molecule has 0 aliphatic rings. The van der Waals surface area contributed by atoms with Gasteiger partial charge in [0, 0.05) is 7.05 Å². The number of nitrogens with one attached hydrogen (secondary N) is 1. The number of anilines is 1. The maximum absolute atomic E-state index is 9.46. The van der Waals surface area contributed by atoms with Gasteiger partial charge in [0.1, 0.15) is 11.3 Å². The van der Waals surface area contributed by atoms with Crippen LogP contribution in [0.1, 0.15) is 0 Å². The molecule has 0 aliphatic carbocycles. The molecule has 0 unspecified atom stereocenters. The number of nitrogens with two attached hydrogens (primary N) is 1. The number of hydrazine groups is 1. The van der Waals surface area contributed by atoms with Gasteiger partial charge in [0.05, 0.1) is 5.52 Å². The number of aryl methyl sites for hydroxylation is 1. The highest BCUT2D eigenvalue weighted by Gasteiger charge is 2.08. The Balaban J connectivity index is 2.83. The summed E-state index contributed by atoms with van der Waals surface area (Å²) in [4.78, 5) is 4.11. The molecule has 0 spiro atoms. The third kappa shape index (κ3) is 1.01. The summed E-state index contributed by atoms with van der Waals surface area (Å²) >= 11 is 0. The van der Waals surface area contributed by atoms with Crippen LogP contribution < -0.4 is 11.3 Å². The lowest BCUT2D eigenvalue weighted by Crippen LogP contribution is -2.11. The summed E-state index contributed by atoms with van der Waals surface area (Å²) in [5.41, 5.74) is 3.85. The lowest BCUT2D eigenvalue weighted by Gasteiger charge is -1.98. The lowest BCUT2D eigenvalue weighted by molar-refractivity contribution is 0.480. The second-order valence-corrected chi connectivity index (χ2v) is 2.78. The molecule has 5 heteroatoms. The first-order chi connectivity index (χ1) is 6.24. The molecule has 0 amide bonds. The highest BCUT2D eigenvalue weighted by atomic mass is 16.3. The third-order valence-electron chi connectivity index (χ3n) is 2.02. The van der Waals surface area contributed by atoms with Crippen LogP contribution in [0.5, 0.6) is 5.75 Å². The van der Waals surface area contributed by atoms with E-state index in [1.807, 2.05) is 13.1 Å². The van der Waals surface area contributed by atoms with Crippen LogP contribution in [0.25, 0.3) is 11.0 Å². The Bertz CT molecular complexity index is 449. The molecule has 0 fully saturated rings. The predicted octanol–water partition coefficient (Wildman–Crippen LogP) is 0.564. The average Bonchev–Trinajstić information content (AvgIpc) is 2.45. The number of nitrogens with zero attached hydrogens (tertiary/aromatic N) is 2. The minimum absolute atomic E-state index is 0.162. The monoisotopic (exact) mass is 178 g/mol. The molecule has 4 N–H and O–H groups in total. The van der Waals surface area contributed by atoms with Gasteiger partial charge in [-0.3, -0.25) is 5.43 Å². The number of rotatable bonds is 1. The summed E-state index contributed by atoms with van der Waals surface area (Å²) < 4.78 is 1.77. The Hall–Kier alpha value is -1.75. The molecule has 68 valence electrons. The van der Waals surface area contributed by atoms with Crippen LogP contribution in [-0.4, -0.2) is 14.7 Å². The SMILES string of the molecule is Cn1c(NN)nc2c(O)cccc21. The zero-order valence-electron chi connectivity index (χ0n) is 7.15. The van der Waals surface area contributed by atoms with Gasteiger partial charge in [-0.15, -0.1) is 0 Å². The standard InChI is InChI=1S/C8H10N4O/c1-12-5-3-2-4-6(13)7(5)10-8(12)11-9/h2-4,13H,9H2,1H3,(H,10,11). The van der Waals surface area contributed by atoms with Crippen LogP contribution in [0.15, 0.2) is 18.2 Å². The first-order valence-electron chi connectivity index (χ1n) is 3.85. The number of fused-ring (bicyclic) bond motifs is 1. The van der Waals surface area contributed by atoms with Crippen molar-refractivity contribution in [3.05, 3.63) is 18.2 Å². The number of phenolic OH excluding ortho intramolecular Hbond substituents is 1. The van der Waals surface area contributed by atoms with Crippen LogP contribution in [0.4, 0.5) is 5.95 Å². The quantitative estimate of drug-likeness (QED) is 0.440. The van der Waals surface area contributed by atoms with Crippen molar-refractivity contribution >= 4 is 17.0 Å². The Morgan fingerprint density at radius 2 is 2.31 bits per heavy atom. The van der Waals surface area contributed by atoms with Crippen LogP contribution in [0.2, 0.25) is 0 Å². The lowest BCUT2D eigenvalue weighted by atomic mass is 10.3. The van der Waals surface area contributed by atoms with Crippen molar-refractivity contribution in [2.75, 3.05) is 5.43 Å². The highest BCUT2D eigenvalue weighted by molar-refractivity contribution is 5.84. The molecule has 0 saturated carbocycles. The van der Waals surface area contributed by atoms with Gasteiger partial charge in [0.25, 0.3) is 0 Å². The Labute approximate surface area is 74.8 Å². The summed E-state index contributed by atoms with van der Waals surface area (Å²) in [6, 6.07) is 5.22. The van der Waals surface area contributed by atoms with Gasteiger partial charge in [-0.05, 0) is 12.1 Å². The van der Waals surface area contributed by atoms with Gasteiger partial charge >= 0.3 is 0 Å². The maximum atomic E-state index is 9.46. The smallest absolute Gasteiger partial charge is 0.218 e. The van der Waals surface area contributed by atoms with E-state index in [1.165, 1.54) is 0 Å². The fraction of sp³-hybridized carbons (Fsp3) is 0.125. The normalized spacial score (nSPS) is 10.6. The number of nitrogen functional groups attached to an aromatic ring is 1. The fourth-order valence-corrected chi connectivity index (χ4v) is 1.33. The molecule has 0 bridgehead atoms. The van der Waals surface area contributed by atoms with E-state index < -0.39 is 0 Å². The molecule has 0 saturated heterocycles. The second-order valence-electron chi connectivity index (χ2n) is 2.78. The van der Waals surface area contributed by atoms with E-state index in [2.05, 4.69) is 10.4 Å². The zero-order chi connectivity index (χ0) is 9.42. The van der Waals surface area contributed by atoms with Crippen LogP contribution in [-0.2, 0) is 7.05 Å². The molecular weight excluding hydrogens is 168 g/mol. The molecule has 1 aromatic heterocycles. The van der Waals surface area contributed by atoms with E-state index in [0.717, 1.165) is 5.52 Å². The van der Waals surface area contributed by atoms with Gasteiger partial charge in [-0.25, -0.2) is 10.8 Å². The minimum atomic E-state index is 0.162. The molecule has 0 atom stereocenters. The topological polar surface area (TPSA) is 76.1 Å². The van der Waals surface area contributed by atoms with Crippen molar-refractivity contribution in [2.45, 2.75) is 0 Å². The molecule has 1 aromatic carbocycles. The molecule has 0 radical (unpaired) electrons. The fourth-order valence-electron chi connectivity index (χ4n) is 1.33. The number of aromatic hydroxyl groups is 1. The number of aromatic nitrogens is 2. The first-order valence-corrected chi connectivity index (χ1v) is 3.85. The molecule has 13 heavy (non-hydrogen) atoms. The van der Waals surface area contributed by atoms with Crippen molar-refractivity contribution in [1.29, 1.82) is 0 Å². The third-order valence-corrected chi connectivity index (χ3v) is 2.02. The Morgan fingerprint density at radius 1 is 1.54 bits per heavy atom.